The Kier molecular flexibility index (Phi) is 3.79. The highest BCUT2D eigenvalue weighted by molar-refractivity contribution is 5.73. The number of hydrogen-bond acceptors (Lipinski definition) is 6. The lowest BCUT2D eigenvalue weighted by Crippen LogP contribution is -2.27. The van der Waals surface area contributed by atoms with E-state index in [1.807, 2.05) is 18.2 Å². The molecule has 0 aliphatic carbocycles. The van der Waals surface area contributed by atoms with Gasteiger partial charge in [-0.05, 0) is 31.0 Å². The molecule has 1 fully saturated rings. The van der Waals surface area contributed by atoms with E-state index >= 15 is 0 Å². The number of anilines is 1. The van der Waals surface area contributed by atoms with Crippen LogP contribution in [0, 0.1) is 0 Å². The van der Waals surface area contributed by atoms with Gasteiger partial charge in [-0.2, -0.15) is 10.1 Å². The van der Waals surface area contributed by atoms with Crippen LogP contribution in [0.1, 0.15) is 24.4 Å². The zero-order valence-electron chi connectivity index (χ0n) is 14.1. The molecular weight excluding hydrogens is 322 g/mol. The number of hydrogen-bond donors (Lipinski definition) is 2. The van der Waals surface area contributed by atoms with E-state index in [9.17, 15) is 4.79 Å². The van der Waals surface area contributed by atoms with E-state index in [1.54, 1.807) is 14.2 Å². The second-order valence-electron chi connectivity index (χ2n) is 5.98. The molecule has 1 saturated heterocycles. The second-order valence-corrected chi connectivity index (χ2v) is 5.98. The van der Waals surface area contributed by atoms with E-state index in [-0.39, 0.29) is 11.6 Å². The van der Waals surface area contributed by atoms with Crippen molar-refractivity contribution in [3.05, 3.63) is 40.3 Å². The number of benzene rings is 1. The largest absolute Gasteiger partial charge is 0.497 e. The minimum Gasteiger partial charge on any atom is -0.497 e. The minimum absolute atomic E-state index is 0.0496. The Hall–Kier alpha value is -3.03. The summed E-state index contributed by atoms with van der Waals surface area (Å²) in [6.07, 6.45) is 3.42. The van der Waals surface area contributed by atoms with E-state index in [2.05, 4.69) is 25.1 Å². The van der Waals surface area contributed by atoms with Crippen LogP contribution < -0.4 is 19.9 Å². The van der Waals surface area contributed by atoms with Gasteiger partial charge in [0.2, 0.25) is 5.95 Å². The molecule has 1 unspecified atom stereocenters. The molecule has 0 saturated carbocycles. The van der Waals surface area contributed by atoms with Gasteiger partial charge in [-0.3, -0.25) is 14.9 Å². The number of methoxy groups -OCH3 is 2. The highest BCUT2D eigenvalue weighted by Crippen LogP contribution is 2.40. The van der Waals surface area contributed by atoms with Crippen LogP contribution in [0.3, 0.4) is 0 Å². The van der Waals surface area contributed by atoms with Crippen LogP contribution in [-0.4, -0.2) is 40.9 Å². The summed E-state index contributed by atoms with van der Waals surface area (Å²) in [5.74, 6) is 2.10. The van der Waals surface area contributed by atoms with Crippen LogP contribution in [0.25, 0.3) is 11.0 Å². The van der Waals surface area contributed by atoms with Crippen molar-refractivity contribution in [1.29, 1.82) is 0 Å². The Morgan fingerprint density at radius 1 is 1.28 bits per heavy atom. The molecule has 8 heteroatoms. The molecule has 25 heavy (non-hydrogen) atoms. The summed E-state index contributed by atoms with van der Waals surface area (Å²) in [6.45, 7) is 0.799. The lowest BCUT2D eigenvalue weighted by Gasteiger charge is -2.27. The summed E-state index contributed by atoms with van der Waals surface area (Å²) in [6, 6.07) is 5.81. The first kappa shape index (κ1) is 15.5. The Morgan fingerprint density at radius 2 is 2.16 bits per heavy atom. The summed E-state index contributed by atoms with van der Waals surface area (Å²) < 4.78 is 10.9. The van der Waals surface area contributed by atoms with Crippen LogP contribution in [-0.2, 0) is 0 Å². The van der Waals surface area contributed by atoms with Crippen LogP contribution >= 0.6 is 0 Å². The highest BCUT2D eigenvalue weighted by atomic mass is 16.5. The maximum Gasteiger partial charge on any atom is 0.263 e. The number of H-pyrrole nitrogens is 2. The molecule has 0 bridgehead atoms. The topological polar surface area (TPSA) is 96.1 Å². The molecule has 2 aromatic heterocycles. The molecule has 3 aromatic rings. The molecule has 1 aliphatic rings. The molecule has 8 nitrogen and oxygen atoms in total. The lowest BCUT2D eigenvalue weighted by molar-refractivity contribution is 0.395. The first-order valence-electron chi connectivity index (χ1n) is 8.13. The van der Waals surface area contributed by atoms with Crippen molar-refractivity contribution in [2.45, 2.75) is 18.9 Å². The van der Waals surface area contributed by atoms with Gasteiger partial charge in [0.05, 0.1) is 26.5 Å². The van der Waals surface area contributed by atoms with Crippen LogP contribution in [0.15, 0.2) is 29.2 Å². The summed E-state index contributed by atoms with van der Waals surface area (Å²) in [7, 11) is 3.30. The number of aromatic amines is 2. The van der Waals surface area contributed by atoms with E-state index < -0.39 is 0 Å². The highest BCUT2D eigenvalue weighted by Gasteiger charge is 2.30. The monoisotopic (exact) mass is 341 g/mol. The predicted molar refractivity (Wildman–Crippen MR) is 93.4 cm³/mol. The standard InChI is InChI=1S/C17H19N5O3/c1-24-10-5-6-14(25-2)11(8-10)13-4-3-7-22(13)17-19-15-12(9-18-21-15)16(23)20-17/h5-6,8-9,13H,3-4,7H2,1-2H3,(H2,18,19,20,21,23). The van der Waals surface area contributed by atoms with Gasteiger partial charge < -0.3 is 14.4 Å². The average molecular weight is 341 g/mol. The number of aromatic nitrogens is 4. The fourth-order valence-corrected chi connectivity index (χ4v) is 3.41. The fourth-order valence-electron chi connectivity index (χ4n) is 3.41. The quantitative estimate of drug-likeness (QED) is 0.753. The Bertz CT molecular complexity index is 964. The van der Waals surface area contributed by atoms with Crippen molar-refractivity contribution >= 4 is 17.0 Å². The Labute approximate surface area is 143 Å². The zero-order chi connectivity index (χ0) is 17.4. The minimum atomic E-state index is -0.197. The third kappa shape index (κ3) is 2.59. The SMILES string of the molecule is COc1ccc(OC)c(C2CCCN2c2nc3[nH]ncc3c(=O)[nH]2)c1. The van der Waals surface area contributed by atoms with Crippen LogP contribution in [0.4, 0.5) is 5.95 Å². The first-order chi connectivity index (χ1) is 12.2. The smallest absolute Gasteiger partial charge is 0.263 e. The zero-order valence-corrected chi connectivity index (χ0v) is 14.1. The Morgan fingerprint density at radius 3 is 2.96 bits per heavy atom. The summed E-state index contributed by atoms with van der Waals surface area (Å²) in [5, 5.41) is 7.12. The third-order valence-electron chi connectivity index (χ3n) is 4.63. The molecule has 4 rings (SSSR count). The van der Waals surface area contributed by atoms with E-state index in [1.165, 1.54) is 6.20 Å². The molecule has 3 heterocycles. The number of fused-ring (bicyclic) bond motifs is 1. The molecule has 2 N–H and O–H groups in total. The predicted octanol–water partition coefficient (Wildman–Crippen LogP) is 2.00. The molecule has 1 atom stereocenters. The number of ether oxygens (including phenoxy) is 2. The van der Waals surface area contributed by atoms with Crippen molar-refractivity contribution in [1.82, 2.24) is 20.2 Å². The normalized spacial score (nSPS) is 17.2. The van der Waals surface area contributed by atoms with Crippen LogP contribution in [0.2, 0.25) is 0 Å². The van der Waals surface area contributed by atoms with Crippen molar-refractivity contribution in [2.24, 2.45) is 0 Å². The molecule has 0 radical (unpaired) electrons. The molecule has 130 valence electrons. The molecule has 0 amide bonds. The summed E-state index contributed by atoms with van der Waals surface area (Å²) in [5.41, 5.74) is 1.31. The number of rotatable bonds is 4. The van der Waals surface area contributed by atoms with Gasteiger partial charge in [0.15, 0.2) is 5.65 Å². The van der Waals surface area contributed by atoms with Gasteiger partial charge in [-0.1, -0.05) is 0 Å². The van der Waals surface area contributed by atoms with Crippen molar-refractivity contribution in [2.75, 3.05) is 25.7 Å². The summed E-state index contributed by atoms with van der Waals surface area (Å²) in [4.78, 5) is 21.8. The first-order valence-corrected chi connectivity index (χ1v) is 8.13. The van der Waals surface area contributed by atoms with Gasteiger partial charge in [-0.25, -0.2) is 0 Å². The van der Waals surface area contributed by atoms with Gasteiger partial charge >= 0.3 is 0 Å². The molecule has 0 spiro atoms. The number of nitrogens with zero attached hydrogens (tertiary/aromatic N) is 3. The number of nitrogens with one attached hydrogen (secondary N) is 2. The molecular formula is C17H19N5O3. The van der Waals surface area contributed by atoms with Gasteiger partial charge in [-0.15, -0.1) is 0 Å². The van der Waals surface area contributed by atoms with Gasteiger partial charge in [0, 0.05) is 12.1 Å². The third-order valence-corrected chi connectivity index (χ3v) is 4.63. The second kappa shape index (κ2) is 6.12. The van der Waals surface area contributed by atoms with Gasteiger partial charge in [0.25, 0.3) is 5.56 Å². The van der Waals surface area contributed by atoms with Crippen molar-refractivity contribution in [3.8, 4) is 11.5 Å². The maximum absolute atomic E-state index is 12.3. The molecule has 1 aromatic carbocycles. The lowest BCUT2D eigenvalue weighted by atomic mass is 10.0. The van der Waals surface area contributed by atoms with Crippen molar-refractivity contribution < 1.29 is 9.47 Å². The van der Waals surface area contributed by atoms with Gasteiger partial charge in [0.1, 0.15) is 16.9 Å². The van der Waals surface area contributed by atoms with E-state index in [0.29, 0.717) is 17.0 Å². The van der Waals surface area contributed by atoms with Crippen LogP contribution in [0.5, 0.6) is 11.5 Å². The Balaban J connectivity index is 1.79. The average Bonchev–Trinajstić information content (AvgIpc) is 3.30. The molecule has 1 aliphatic heterocycles. The van der Waals surface area contributed by atoms with Crippen molar-refractivity contribution in [3.63, 3.8) is 0 Å². The van der Waals surface area contributed by atoms with E-state index in [4.69, 9.17) is 9.47 Å². The fraction of sp³-hybridized carbons (Fsp3) is 0.353. The summed E-state index contributed by atoms with van der Waals surface area (Å²) >= 11 is 0. The van der Waals surface area contributed by atoms with E-state index in [0.717, 1.165) is 36.4 Å². The maximum atomic E-state index is 12.3.